The summed E-state index contributed by atoms with van der Waals surface area (Å²) in [5, 5.41) is 3.30. The van der Waals surface area contributed by atoms with Crippen LogP contribution < -0.4 is 10.0 Å². The lowest BCUT2D eigenvalue weighted by Gasteiger charge is -2.38. The summed E-state index contributed by atoms with van der Waals surface area (Å²) in [6, 6.07) is 2.12. The first-order chi connectivity index (χ1) is 9.22. The molecule has 1 aromatic heterocycles. The molecule has 1 heterocycles. The minimum Gasteiger partial charge on any atom is -0.352 e. The van der Waals surface area contributed by atoms with Crippen LogP contribution >= 0.6 is 0 Å². The van der Waals surface area contributed by atoms with Gasteiger partial charge in [-0.2, -0.15) is 0 Å². The standard InChI is InChI=1S/C14H25N3O2S/c1-11(2)15-9-12-8-13(10-17(12)4)20(18,19)16-14(3)6-5-7-14/h8,10-11,15-16H,5-7,9H2,1-4H3. The monoisotopic (exact) mass is 299 g/mol. The third kappa shape index (κ3) is 3.42. The van der Waals surface area contributed by atoms with E-state index in [1.807, 2.05) is 18.5 Å². The van der Waals surface area contributed by atoms with Crippen LogP contribution in [0.1, 0.15) is 45.7 Å². The van der Waals surface area contributed by atoms with E-state index in [2.05, 4.69) is 23.9 Å². The van der Waals surface area contributed by atoms with E-state index in [1.54, 1.807) is 12.3 Å². The summed E-state index contributed by atoms with van der Waals surface area (Å²) in [7, 11) is -1.54. The molecule has 0 radical (unpaired) electrons. The van der Waals surface area contributed by atoms with Gasteiger partial charge in [0.1, 0.15) is 0 Å². The van der Waals surface area contributed by atoms with Crippen molar-refractivity contribution in [3.8, 4) is 0 Å². The Labute approximate surface area is 121 Å². The Morgan fingerprint density at radius 2 is 2.05 bits per heavy atom. The Balaban J connectivity index is 2.13. The highest BCUT2D eigenvalue weighted by Crippen LogP contribution is 2.32. The van der Waals surface area contributed by atoms with Gasteiger partial charge in [0, 0.05) is 37.1 Å². The van der Waals surface area contributed by atoms with Gasteiger partial charge in [0.15, 0.2) is 0 Å². The van der Waals surface area contributed by atoms with Gasteiger partial charge < -0.3 is 9.88 Å². The normalized spacial score (nSPS) is 18.2. The number of hydrogen-bond donors (Lipinski definition) is 2. The lowest BCUT2D eigenvalue weighted by Crippen LogP contribution is -2.50. The third-order valence-electron chi connectivity index (χ3n) is 3.92. The second kappa shape index (κ2) is 5.50. The van der Waals surface area contributed by atoms with Crippen molar-refractivity contribution in [1.82, 2.24) is 14.6 Å². The Kier molecular flexibility index (Phi) is 4.27. The Morgan fingerprint density at radius 1 is 1.40 bits per heavy atom. The maximum Gasteiger partial charge on any atom is 0.242 e. The first-order valence-electron chi connectivity index (χ1n) is 7.14. The summed E-state index contributed by atoms with van der Waals surface area (Å²) in [5.74, 6) is 0. The second-order valence-corrected chi connectivity index (χ2v) is 8.02. The average molecular weight is 299 g/mol. The molecular formula is C14H25N3O2S. The van der Waals surface area contributed by atoms with Gasteiger partial charge in [-0.15, -0.1) is 0 Å². The molecule has 1 aliphatic carbocycles. The molecule has 1 aliphatic rings. The maximum atomic E-state index is 12.4. The molecular weight excluding hydrogens is 274 g/mol. The smallest absolute Gasteiger partial charge is 0.242 e. The highest BCUT2D eigenvalue weighted by Gasteiger charge is 2.36. The molecule has 0 unspecified atom stereocenters. The fourth-order valence-corrected chi connectivity index (χ4v) is 3.96. The molecule has 5 nitrogen and oxygen atoms in total. The van der Waals surface area contributed by atoms with Crippen molar-refractivity contribution in [2.45, 2.75) is 63.1 Å². The van der Waals surface area contributed by atoms with Gasteiger partial charge >= 0.3 is 0 Å². The lowest BCUT2D eigenvalue weighted by molar-refractivity contribution is 0.248. The van der Waals surface area contributed by atoms with E-state index in [9.17, 15) is 8.42 Å². The zero-order chi connectivity index (χ0) is 15.0. The summed E-state index contributed by atoms with van der Waals surface area (Å²) < 4.78 is 29.5. The molecule has 0 spiro atoms. The van der Waals surface area contributed by atoms with Gasteiger partial charge in [-0.05, 0) is 32.3 Å². The first-order valence-corrected chi connectivity index (χ1v) is 8.63. The SMILES string of the molecule is CC(C)NCc1cc(S(=O)(=O)NC2(C)CCC2)cn1C. The predicted molar refractivity (Wildman–Crippen MR) is 80.0 cm³/mol. The number of sulfonamides is 1. The number of nitrogens with zero attached hydrogens (tertiary/aromatic N) is 1. The molecule has 20 heavy (non-hydrogen) atoms. The highest BCUT2D eigenvalue weighted by molar-refractivity contribution is 7.89. The molecule has 0 bridgehead atoms. The predicted octanol–water partition coefficient (Wildman–Crippen LogP) is 1.74. The number of nitrogens with one attached hydrogen (secondary N) is 2. The maximum absolute atomic E-state index is 12.4. The van der Waals surface area contributed by atoms with E-state index < -0.39 is 10.0 Å². The minimum atomic E-state index is -3.42. The van der Waals surface area contributed by atoms with Crippen LogP contribution in [0.2, 0.25) is 0 Å². The molecule has 1 fully saturated rings. The van der Waals surface area contributed by atoms with Gasteiger partial charge in [-0.3, -0.25) is 0 Å². The summed E-state index contributed by atoms with van der Waals surface area (Å²) in [6.07, 6.45) is 4.61. The molecule has 0 aliphatic heterocycles. The van der Waals surface area contributed by atoms with E-state index in [-0.39, 0.29) is 5.54 Å². The molecule has 0 amide bonds. The van der Waals surface area contributed by atoms with Crippen LogP contribution in [0, 0.1) is 0 Å². The Hall–Kier alpha value is -0.850. The Morgan fingerprint density at radius 3 is 2.55 bits per heavy atom. The van der Waals surface area contributed by atoms with Crippen LogP contribution in [-0.2, 0) is 23.6 Å². The van der Waals surface area contributed by atoms with E-state index >= 15 is 0 Å². The quantitative estimate of drug-likeness (QED) is 0.841. The van der Waals surface area contributed by atoms with E-state index in [0.29, 0.717) is 17.5 Å². The first kappa shape index (κ1) is 15.5. The molecule has 6 heteroatoms. The molecule has 1 saturated carbocycles. The van der Waals surface area contributed by atoms with Crippen molar-refractivity contribution in [2.24, 2.45) is 7.05 Å². The molecule has 0 aromatic carbocycles. The van der Waals surface area contributed by atoms with Crippen LogP contribution in [0.3, 0.4) is 0 Å². The van der Waals surface area contributed by atoms with Crippen molar-refractivity contribution in [2.75, 3.05) is 0 Å². The minimum absolute atomic E-state index is 0.259. The molecule has 0 atom stereocenters. The zero-order valence-electron chi connectivity index (χ0n) is 12.7. The average Bonchev–Trinajstić information content (AvgIpc) is 2.66. The number of hydrogen-bond acceptors (Lipinski definition) is 3. The van der Waals surface area contributed by atoms with Gasteiger partial charge in [0.2, 0.25) is 10.0 Å². The molecule has 1 aromatic rings. The largest absolute Gasteiger partial charge is 0.352 e. The summed E-state index contributed by atoms with van der Waals surface area (Å²) >= 11 is 0. The number of aryl methyl sites for hydroxylation is 1. The van der Waals surface area contributed by atoms with E-state index in [1.165, 1.54) is 0 Å². The van der Waals surface area contributed by atoms with Crippen LogP contribution in [0.4, 0.5) is 0 Å². The van der Waals surface area contributed by atoms with E-state index in [4.69, 9.17) is 0 Å². The number of rotatable bonds is 6. The second-order valence-electron chi connectivity index (χ2n) is 6.33. The molecule has 2 N–H and O–H groups in total. The van der Waals surface area contributed by atoms with Crippen LogP contribution in [-0.4, -0.2) is 24.6 Å². The summed E-state index contributed by atoms with van der Waals surface area (Å²) in [6.45, 7) is 6.78. The van der Waals surface area contributed by atoms with Crippen molar-refractivity contribution in [3.05, 3.63) is 18.0 Å². The molecule has 114 valence electrons. The molecule has 2 rings (SSSR count). The molecule has 0 saturated heterocycles. The van der Waals surface area contributed by atoms with Crippen molar-refractivity contribution in [1.29, 1.82) is 0 Å². The van der Waals surface area contributed by atoms with Crippen LogP contribution in [0.5, 0.6) is 0 Å². The van der Waals surface area contributed by atoms with Crippen LogP contribution in [0.15, 0.2) is 17.2 Å². The van der Waals surface area contributed by atoms with Gasteiger partial charge in [-0.25, -0.2) is 13.1 Å². The van der Waals surface area contributed by atoms with E-state index in [0.717, 1.165) is 25.0 Å². The summed E-state index contributed by atoms with van der Waals surface area (Å²) in [4.78, 5) is 0.355. The fraction of sp³-hybridized carbons (Fsp3) is 0.714. The van der Waals surface area contributed by atoms with Crippen molar-refractivity contribution >= 4 is 10.0 Å². The zero-order valence-corrected chi connectivity index (χ0v) is 13.5. The van der Waals surface area contributed by atoms with Gasteiger partial charge in [0.25, 0.3) is 0 Å². The van der Waals surface area contributed by atoms with Crippen LogP contribution in [0.25, 0.3) is 0 Å². The van der Waals surface area contributed by atoms with Gasteiger partial charge in [0.05, 0.1) is 4.90 Å². The lowest BCUT2D eigenvalue weighted by atomic mass is 9.80. The Bertz CT molecular complexity index is 571. The van der Waals surface area contributed by atoms with Crippen molar-refractivity contribution in [3.63, 3.8) is 0 Å². The topological polar surface area (TPSA) is 63.1 Å². The van der Waals surface area contributed by atoms with Crippen molar-refractivity contribution < 1.29 is 8.42 Å². The highest BCUT2D eigenvalue weighted by atomic mass is 32.2. The number of aromatic nitrogens is 1. The fourth-order valence-electron chi connectivity index (χ4n) is 2.40. The van der Waals surface area contributed by atoms with Gasteiger partial charge in [-0.1, -0.05) is 13.8 Å². The third-order valence-corrected chi connectivity index (χ3v) is 5.53. The summed E-state index contributed by atoms with van der Waals surface area (Å²) in [5.41, 5.74) is 0.711.